The first-order valence-electron chi connectivity index (χ1n) is 6.05. The van der Waals surface area contributed by atoms with Gasteiger partial charge in [0.05, 0.1) is 9.47 Å². The number of likely N-dealkylation sites (N-methyl/N-ethyl adjacent to an activating group) is 1. The number of carbonyl (C=O) groups is 2. The number of carboxylic acids is 1. The lowest BCUT2D eigenvalue weighted by Gasteiger charge is -2.11. The van der Waals surface area contributed by atoms with Crippen molar-refractivity contribution < 1.29 is 19.2 Å². The highest BCUT2D eigenvalue weighted by molar-refractivity contribution is 7.99. The van der Waals surface area contributed by atoms with Gasteiger partial charge in [-0.05, 0) is 30.6 Å². The molecule has 2 unspecified atom stereocenters. The monoisotopic (exact) mass is 315 g/mol. The third kappa shape index (κ3) is 10.7. The van der Waals surface area contributed by atoms with Crippen molar-refractivity contribution in [2.24, 2.45) is 0 Å². The van der Waals surface area contributed by atoms with Gasteiger partial charge in [-0.3, -0.25) is 4.79 Å². The van der Waals surface area contributed by atoms with E-state index in [4.69, 9.17) is 5.11 Å². The second-order valence-corrected chi connectivity index (χ2v) is 5.02. The van der Waals surface area contributed by atoms with Crippen molar-refractivity contribution in [2.45, 2.75) is 25.8 Å². The van der Waals surface area contributed by atoms with Gasteiger partial charge in [0.1, 0.15) is 6.04 Å². The molecule has 0 bridgehead atoms. The summed E-state index contributed by atoms with van der Waals surface area (Å²) >= 11 is 1.64. The Labute approximate surface area is 125 Å². The molecule has 0 spiro atoms. The molecule has 0 aromatic rings. The summed E-state index contributed by atoms with van der Waals surface area (Å²) in [5.41, 5.74) is 0. The molecule has 0 rings (SSSR count). The third-order valence-corrected chi connectivity index (χ3v) is 3.32. The Morgan fingerprint density at radius 2 is 2.15 bits per heavy atom. The van der Waals surface area contributed by atoms with Crippen LogP contribution in [0.3, 0.4) is 0 Å². The molecule has 2 N–H and O–H groups in total. The number of hydrogen-bond acceptors (Lipinski definition) is 5. The van der Waals surface area contributed by atoms with Crippen LogP contribution in [0, 0.1) is 23.7 Å². The zero-order valence-corrected chi connectivity index (χ0v) is 13.2. The van der Waals surface area contributed by atoms with Crippen molar-refractivity contribution in [3.63, 3.8) is 0 Å². The van der Waals surface area contributed by atoms with Crippen molar-refractivity contribution in [3.8, 4) is 23.7 Å². The Bertz CT molecular complexity index is 433. The number of thioether (sulfide) groups is 1. The first kappa shape index (κ1) is 18.8. The molecule has 0 saturated carbocycles. The van der Waals surface area contributed by atoms with Gasteiger partial charge in [0.15, 0.2) is 0 Å². The molecule has 0 aliphatic rings. The van der Waals surface area contributed by atoms with Crippen LogP contribution in [0.4, 0.5) is 0 Å². The highest BCUT2D eigenvalue weighted by Crippen LogP contribution is 2.06. The van der Waals surface area contributed by atoms with E-state index in [1.54, 1.807) is 11.8 Å². The van der Waals surface area contributed by atoms with Crippen molar-refractivity contribution in [3.05, 3.63) is 0 Å². The Morgan fingerprint density at radius 1 is 1.40 bits per heavy atom. The maximum absolute atomic E-state index is 10.9. The van der Waals surface area contributed by atoms with Gasteiger partial charge in [0.2, 0.25) is 0 Å². The molecule has 0 aliphatic carbocycles. The molecule has 0 aromatic heterocycles. The first-order chi connectivity index (χ1) is 9.61. The van der Waals surface area contributed by atoms with Gasteiger partial charge in [0.25, 0.3) is 0 Å². The number of rotatable bonds is 8. The van der Waals surface area contributed by atoms with Crippen LogP contribution < -0.4 is 5.32 Å². The fourth-order valence-electron chi connectivity index (χ4n) is 1.20. The molecule has 110 valence electrons. The van der Waals surface area contributed by atoms with Gasteiger partial charge in [-0.1, -0.05) is 12.8 Å². The average molecular weight is 315 g/mol. The lowest BCUT2D eigenvalue weighted by atomic mass is 10.2. The van der Waals surface area contributed by atoms with E-state index in [-0.39, 0.29) is 0 Å². The smallest absolute Gasteiger partial charge is 0.387 e. The van der Waals surface area contributed by atoms with Crippen LogP contribution in [0.15, 0.2) is 0 Å². The second-order valence-electron chi connectivity index (χ2n) is 3.56. The zero-order chi connectivity index (χ0) is 15.2. The van der Waals surface area contributed by atoms with Gasteiger partial charge < -0.3 is 14.9 Å². The zero-order valence-electron chi connectivity index (χ0n) is 11.3. The van der Waals surface area contributed by atoms with Gasteiger partial charge in [-0.2, -0.15) is 11.8 Å². The SMILES string of the molecule is CCNC(CCSCCC#CC#CC(=O)OP)C(=O)O. The maximum atomic E-state index is 10.9. The van der Waals surface area contributed by atoms with Crippen LogP contribution in [-0.2, 0) is 14.1 Å². The van der Waals surface area contributed by atoms with Crippen LogP contribution in [0.1, 0.15) is 19.8 Å². The summed E-state index contributed by atoms with van der Waals surface area (Å²) in [7, 11) is 1.82. The molecule has 0 radical (unpaired) electrons. The topological polar surface area (TPSA) is 75.6 Å². The lowest BCUT2D eigenvalue weighted by molar-refractivity contribution is -0.139. The largest absolute Gasteiger partial charge is 0.480 e. The predicted molar refractivity (Wildman–Crippen MR) is 83.0 cm³/mol. The standard InChI is InChI=1S/C13H18NO4PS/c1-2-14-11(13(16)17)8-10-20-9-6-4-3-5-7-12(15)18-19/h11,14H,2,6,8-10,19H2,1H3,(H,16,17). The Balaban J connectivity index is 3.71. The van der Waals surface area contributed by atoms with Crippen LogP contribution in [0.25, 0.3) is 0 Å². The molecule has 0 aromatic carbocycles. The van der Waals surface area contributed by atoms with E-state index in [1.807, 2.05) is 16.4 Å². The fraction of sp³-hybridized carbons (Fsp3) is 0.538. The molecule has 0 amide bonds. The van der Waals surface area contributed by atoms with Crippen LogP contribution in [-0.4, -0.2) is 41.1 Å². The quantitative estimate of drug-likeness (QED) is 0.394. The van der Waals surface area contributed by atoms with Crippen LogP contribution in [0.2, 0.25) is 0 Å². The number of nitrogens with one attached hydrogen (secondary N) is 1. The molecular weight excluding hydrogens is 297 g/mol. The molecule has 7 heteroatoms. The minimum atomic E-state index is -0.816. The van der Waals surface area contributed by atoms with E-state index in [9.17, 15) is 9.59 Å². The van der Waals surface area contributed by atoms with E-state index in [0.717, 1.165) is 11.5 Å². The molecular formula is C13H18NO4PS. The summed E-state index contributed by atoms with van der Waals surface area (Å²) < 4.78 is 4.25. The molecule has 0 aliphatic heterocycles. The van der Waals surface area contributed by atoms with Gasteiger partial charge in [-0.15, -0.1) is 0 Å². The molecule has 0 heterocycles. The van der Waals surface area contributed by atoms with Crippen molar-refractivity contribution in [2.75, 3.05) is 18.1 Å². The Kier molecular flexibility index (Phi) is 12.0. The van der Waals surface area contributed by atoms with Crippen LogP contribution >= 0.6 is 21.2 Å². The van der Waals surface area contributed by atoms with Crippen LogP contribution in [0.5, 0.6) is 0 Å². The summed E-state index contributed by atoms with van der Waals surface area (Å²) in [6.45, 7) is 2.52. The van der Waals surface area contributed by atoms with Gasteiger partial charge >= 0.3 is 11.9 Å². The first-order valence-corrected chi connectivity index (χ1v) is 7.67. The minimum absolute atomic E-state index is 0.484. The van der Waals surface area contributed by atoms with Crippen molar-refractivity contribution in [1.82, 2.24) is 5.32 Å². The number of carboxylic acid groups (broad SMARTS) is 1. The molecule has 0 fully saturated rings. The Hall–Kier alpha value is -1.20. The minimum Gasteiger partial charge on any atom is -0.480 e. The van der Waals surface area contributed by atoms with E-state index in [0.29, 0.717) is 19.4 Å². The summed E-state index contributed by atoms with van der Waals surface area (Å²) in [6.07, 6.45) is 1.23. The number of aliphatic carboxylic acids is 1. The highest BCUT2D eigenvalue weighted by atomic mass is 32.2. The van der Waals surface area contributed by atoms with E-state index < -0.39 is 18.0 Å². The maximum Gasteiger partial charge on any atom is 0.387 e. The normalized spacial score (nSPS) is 10.5. The lowest BCUT2D eigenvalue weighted by Crippen LogP contribution is -2.36. The summed E-state index contributed by atoms with van der Waals surface area (Å²) in [4.78, 5) is 21.5. The van der Waals surface area contributed by atoms with Gasteiger partial charge in [-0.25, -0.2) is 4.79 Å². The third-order valence-electron chi connectivity index (χ3n) is 2.09. The molecule has 20 heavy (non-hydrogen) atoms. The van der Waals surface area contributed by atoms with Gasteiger partial charge in [0, 0.05) is 18.1 Å². The van der Waals surface area contributed by atoms with E-state index >= 15 is 0 Å². The Morgan fingerprint density at radius 3 is 2.75 bits per heavy atom. The second kappa shape index (κ2) is 12.8. The number of carbonyl (C=O) groups excluding carboxylic acids is 1. The summed E-state index contributed by atoms with van der Waals surface area (Å²) in [6, 6.07) is -0.484. The highest BCUT2D eigenvalue weighted by Gasteiger charge is 2.14. The average Bonchev–Trinajstić information content (AvgIpc) is 2.43. The van der Waals surface area contributed by atoms with Crippen molar-refractivity contribution in [1.29, 1.82) is 0 Å². The fourth-order valence-corrected chi connectivity index (χ4v) is 2.12. The van der Waals surface area contributed by atoms with E-state index in [1.165, 1.54) is 0 Å². The van der Waals surface area contributed by atoms with Crippen molar-refractivity contribution >= 4 is 33.2 Å². The number of hydrogen-bond donors (Lipinski definition) is 2. The summed E-state index contributed by atoms with van der Waals surface area (Å²) in [5, 5.41) is 11.8. The molecule has 2 atom stereocenters. The predicted octanol–water partition coefficient (Wildman–Crippen LogP) is 0.903. The molecule has 5 nitrogen and oxygen atoms in total. The van der Waals surface area contributed by atoms with E-state index in [2.05, 4.69) is 33.5 Å². The molecule has 0 saturated heterocycles. The summed E-state index contributed by atoms with van der Waals surface area (Å²) in [5.74, 6) is 10.0.